The molecule has 1 fully saturated rings. The molecule has 0 aromatic heterocycles. The third-order valence-electron chi connectivity index (χ3n) is 4.78. The van der Waals surface area contributed by atoms with Gasteiger partial charge in [-0.2, -0.15) is 8.78 Å². The first-order valence-corrected chi connectivity index (χ1v) is 9.42. The Morgan fingerprint density at radius 1 is 1.07 bits per heavy atom. The summed E-state index contributed by atoms with van der Waals surface area (Å²) >= 11 is 0. The van der Waals surface area contributed by atoms with Gasteiger partial charge in [-0.25, -0.2) is 0 Å². The third kappa shape index (κ3) is 5.63. The van der Waals surface area contributed by atoms with Crippen LogP contribution in [-0.4, -0.2) is 37.1 Å². The van der Waals surface area contributed by atoms with Crippen LogP contribution in [0.1, 0.15) is 30.0 Å². The van der Waals surface area contributed by atoms with Crippen molar-refractivity contribution in [2.45, 2.75) is 25.5 Å². The summed E-state index contributed by atoms with van der Waals surface area (Å²) < 4.78 is 29.5. The lowest BCUT2D eigenvalue weighted by Gasteiger charge is -2.28. The highest BCUT2D eigenvalue weighted by atomic mass is 19.3. The van der Waals surface area contributed by atoms with E-state index in [-0.39, 0.29) is 17.7 Å². The molecule has 148 valence electrons. The number of nitrogens with zero attached hydrogens (tertiary/aromatic N) is 1. The summed E-state index contributed by atoms with van der Waals surface area (Å²) in [6.07, 6.45) is 5.16. The maximum Gasteiger partial charge on any atom is 0.387 e. The van der Waals surface area contributed by atoms with E-state index in [1.165, 1.54) is 23.8 Å². The molecule has 0 spiro atoms. The number of likely N-dealkylation sites (tertiary alicyclic amines) is 1. The lowest BCUT2D eigenvalue weighted by atomic mass is 10.1. The van der Waals surface area contributed by atoms with Crippen molar-refractivity contribution in [3.8, 4) is 5.75 Å². The lowest BCUT2D eigenvalue weighted by molar-refractivity contribution is -0.116. The van der Waals surface area contributed by atoms with E-state index in [1.807, 2.05) is 18.2 Å². The predicted octanol–water partition coefficient (Wildman–Crippen LogP) is 4.25. The minimum Gasteiger partial charge on any atom is -0.434 e. The van der Waals surface area contributed by atoms with Gasteiger partial charge in [-0.15, -0.1) is 0 Å². The molecule has 1 saturated heterocycles. The van der Waals surface area contributed by atoms with Gasteiger partial charge < -0.3 is 10.1 Å². The molecule has 1 unspecified atom stereocenters. The summed E-state index contributed by atoms with van der Waals surface area (Å²) in [7, 11) is 0. The zero-order valence-corrected chi connectivity index (χ0v) is 15.6. The topological polar surface area (TPSA) is 41.6 Å². The number of carbonyl (C=O) groups excluding carboxylic acids is 1. The van der Waals surface area contributed by atoms with E-state index < -0.39 is 6.61 Å². The monoisotopic (exact) mass is 386 g/mol. The van der Waals surface area contributed by atoms with E-state index >= 15 is 0 Å². The van der Waals surface area contributed by atoms with E-state index in [4.69, 9.17) is 0 Å². The van der Waals surface area contributed by atoms with Crippen molar-refractivity contribution in [1.29, 1.82) is 0 Å². The van der Waals surface area contributed by atoms with Gasteiger partial charge in [-0.05, 0) is 43.6 Å². The fourth-order valence-electron chi connectivity index (χ4n) is 3.43. The van der Waals surface area contributed by atoms with Crippen molar-refractivity contribution in [2.24, 2.45) is 0 Å². The first-order chi connectivity index (χ1) is 13.6. The molecule has 1 N–H and O–H groups in total. The Balaban J connectivity index is 1.63. The normalized spacial score (nSPS) is 15.8. The van der Waals surface area contributed by atoms with Gasteiger partial charge in [-0.3, -0.25) is 9.69 Å². The SMILES string of the molecule is O=C(/C=C/c1ccccc1OC(F)F)NCC(c1ccccc1)N1CCCC1. The molecular formula is C22H24F2N2O2. The van der Waals surface area contributed by atoms with Crippen LogP contribution >= 0.6 is 0 Å². The molecule has 0 aliphatic carbocycles. The number of hydrogen-bond acceptors (Lipinski definition) is 3. The number of rotatable bonds is 8. The van der Waals surface area contributed by atoms with E-state index in [9.17, 15) is 13.6 Å². The van der Waals surface area contributed by atoms with Crippen molar-refractivity contribution in [3.05, 3.63) is 71.8 Å². The second-order valence-electron chi connectivity index (χ2n) is 6.66. The number of hydrogen-bond donors (Lipinski definition) is 1. The van der Waals surface area contributed by atoms with Gasteiger partial charge >= 0.3 is 6.61 Å². The van der Waals surface area contributed by atoms with Crippen LogP contribution in [-0.2, 0) is 4.79 Å². The minimum absolute atomic E-state index is 0.0424. The minimum atomic E-state index is -2.91. The fraction of sp³-hybridized carbons (Fsp3) is 0.318. The van der Waals surface area contributed by atoms with Crippen molar-refractivity contribution in [1.82, 2.24) is 10.2 Å². The molecule has 1 atom stereocenters. The number of carbonyl (C=O) groups is 1. The molecule has 4 nitrogen and oxygen atoms in total. The number of ether oxygens (including phenoxy) is 1. The van der Waals surface area contributed by atoms with E-state index in [0.717, 1.165) is 25.9 Å². The number of amides is 1. The van der Waals surface area contributed by atoms with E-state index in [0.29, 0.717) is 12.1 Å². The van der Waals surface area contributed by atoms with Gasteiger partial charge in [0, 0.05) is 18.2 Å². The molecule has 1 aliphatic rings. The third-order valence-corrected chi connectivity index (χ3v) is 4.78. The Kier molecular flexibility index (Phi) is 7.14. The number of halogens is 2. The summed E-state index contributed by atoms with van der Waals surface area (Å²) in [5.41, 5.74) is 1.60. The number of para-hydroxylation sites is 1. The Morgan fingerprint density at radius 2 is 1.75 bits per heavy atom. The van der Waals surface area contributed by atoms with Gasteiger partial charge in [0.25, 0.3) is 0 Å². The van der Waals surface area contributed by atoms with Crippen LogP contribution in [0.15, 0.2) is 60.7 Å². The van der Waals surface area contributed by atoms with Crippen LogP contribution in [0.5, 0.6) is 5.75 Å². The molecule has 6 heteroatoms. The molecule has 1 amide bonds. The molecule has 0 bridgehead atoms. The van der Waals surface area contributed by atoms with Gasteiger partial charge in [-0.1, -0.05) is 48.5 Å². The fourth-order valence-corrected chi connectivity index (χ4v) is 3.43. The maximum absolute atomic E-state index is 12.5. The summed E-state index contributed by atoms with van der Waals surface area (Å²) in [5.74, 6) is -0.229. The van der Waals surface area contributed by atoms with Crippen LogP contribution in [0.25, 0.3) is 6.08 Å². The van der Waals surface area contributed by atoms with Gasteiger partial charge in [0.2, 0.25) is 5.91 Å². The van der Waals surface area contributed by atoms with Crippen molar-refractivity contribution in [3.63, 3.8) is 0 Å². The van der Waals surface area contributed by atoms with E-state index in [2.05, 4.69) is 27.1 Å². The van der Waals surface area contributed by atoms with Crippen LogP contribution in [0.4, 0.5) is 8.78 Å². The molecular weight excluding hydrogens is 362 g/mol. The first-order valence-electron chi connectivity index (χ1n) is 9.42. The van der Waals surface area contributed by atoms with Crippen LogP contribution in [0, 0.1) is 0 Å². The van der Waals surface area contributed by atoms with E-state index in [1.54, 1.807) is 18.2 Å². The zero-order valence-electron chi connectivity index (χ0n) is 15.6. The standard InChI is InChI=1S/C22H24F2N2O2/c23-22(24)28-20-11-5-4-10-18(20)12-13-21(27)25-16-19(26-14-6-7-15-26)17-8-2-1-3-9-17/h1-5,8-13,19,22H,6-7,14-16H2,(H,25,27)/b13-12+. The molecule has 1 heterocycles. The smallest absolute Gasteiger partial charge is 0.387 e. The first kappa shape index (κ1) is 20.0. The predicted molar refractivity (Wildman–Crippen MR) is 105 cm³/mol. The quantitative estimate of drug-likeness (QED) is 0.690. The highest BCUT2D eigenvalue weighted by molar-refractivity contribution is 5.92. The summed E-state index contributed by atoms with van der Waals surface area (Å²) in [4.78, 5) is 14.7. The Labute approximate surface area is 163 Å². The van der Waals surface area contributed by atoms with Gasteiger partial charge in [0.15, 0.2) is 0 Å². The largest absolute Gasteiger partial charge is 0.434 e. The molecule has 2 aromatic rings. The summed E-state index contributed by atoms with van der Waals surface area (Å²) in [5, 5.41) is 2.93. The molecule has 2 aromatic carbocycles. The van der Waals surface area contributed by atoms with Crippen molar-refractivity contribution < 1.29 is 18.3 Å². The van der Waals surface area contributed by atoms with Crippen molar-refractivity contribution >= 4 is 12.0 Å². The lowest BCUT2D eigenvalue weighted by Crippen LogP contribution is -2.36. The molecule has 0 radical (unpaired) electrons. The molecule has 3 rings (SSSR count). The van der Waals surface area contributed by atoms with Crippen molar-refractivity contribution in [2.75, 3.05) is 19.6 Å². The number of alkyl halides is 2. The van der Waals surface area contributed by atoms with Gasteiger partial charge in [0.05, 0.1) is 6.04 Å². The molecule has 0 saturated carbocycles. The Morgan fingerprint density at radius 3 is 2.46 bits per heavy atom. The number of nitrogens with one attached hydrogen (secondary N) is 1. The summed E-state index contributed by atoms with van der Waals surface area (Å²) in [6, 6.07) is 16.6. The number of benzene rings is 2. The van der Waals surface area contributed by atoms with Crippen LogP contribution in [0.2, 0.25) is 0 Å². The van der Waals surface area contributed by atoms with Gasteiger partial charge in [0.1, 0.15) is 5.75 Å². The van der Waals surface area contributed by atoms with Crippen LogP contribution < -0.4 is 10.1 Å². The molecule has 28 heavy (non-hydrogen) atoms. The second-order valence-corrected chi connectivity index (χ2v) is 6.66. The highest BCUT2D eigenvalue weighted by Gasteiger charge is 2.23. The zero-order chi connectivity index (χ0) is 19.8. The average Bonchev–Trinajstić information content (AvgIpc) is 3.22. The molecule has 1 aliphatic heterocycles. The Hall–Kier alpha value is -2.73. The average molecular weight is 386 g/mol. The Bertz CT molecular complexity index is 790. The second kappa shape index (κ2) is 9.99. The maximum atomic E-state index is 12.5. The van der Waals surface area contributed by atoms with Crippen LogP contribution in [0.3, 0.4) is 0 Å². The highest BCUT2D eigenvalue weighted by Crippen LogP contribution is 2.24. The summed E-state index contributed by atoms with van der Waals surface area (Å²) in [6.45, 7) is -0.384.